The average Bonchev–Trinajstić information content (AvgIpc) is 3.21. The second kappa shape index (κ2) is 8.58. The first-order valence-electron chi connectivity index (χ1n) is 12.2. The number of piperidine rings is 1. The second-order valence-corrected chi connectivity index (χ2v) is 10.3. The number of fused-ring (bicyclic) bond motifs is 3. The van der Waals surface area contributed by atoms with E-state index in [4.69, 9.17) is 4.74 Å². The van der Waals surface area contributed by atoms with E-state index >= 15 is 0 Å². The van der Waals surface area contributed by atoms with E-state index in [1.807, 2.05) is 6.26 Å². The molecule has 0 aliphatic carbocycles. The Labute approximate surface area is 204 Å². The maximum Gasteiger partial charge on any atom is 0.251 e. The Hall–Kier alpha value is -2.57. The highest BCUT2D eigenvalue weighted by molar-refractivity contribution is 8.12. The van der Waals surface area contributed by atoms with Crippen molar-refractivity contribution in [1.82, 2.24) is 9.47 Å². The lowest BCUT2D eigenvalue weighted by atomic mass is 9.66. The topological polar surface area (TPSA) is 29.8 Å². The third-order valence-electron chi connectivity index (χ3n) is 7.87. The normalized spacial score (nSPS) is 24.1. The summed E-state index contributed by atoms with van der Waals surface area (Å²) < 4.78 is 22.4. The van der Waals surface area contributed by atoms with Gasteiger partial charge < -0.3 is 9.30 Å². The molecule has 6 rings (SSSR count). The summed E-state index contributed by atoms with van der Waals surface area (Å²) in [6.07, 6.45) is 9.13. The number of ether oxygens (including phenoxy) is 1. The Morgan fingerprint density at radius 3 is 2.91 bits per heavy atom. The lowest BCUT2D eigenvalue weighted by molar-refractivity contribution is 0.0264. The third-order valence-corrected chi connectivity index (χ3v) is 8.43. The van der Waals surface area contributed by atoms with E-state index in [2.05, 4.69) is 51.7 Å². The number of rotatable bonds is 4. The van der Waals surface area contributed by atoms with E-state index in [0.717, 1.165) is 19.4 Å². The van der Waals surface area contributed by atoms with Crippen LogP contribution in [0.25, 0.3) is 16.6 Å². The first-order valence-corrected chi connectivity index (χ1v) is 13.5. The smallest absolute Gasteiger partial charge is 0.251 e. The number of halogens is 1. The molecule has 4 heterocycles. The molecule has 0 spiro atoms. The van der Waals surface area contributed by atoms with E-state index in [0.29, 0.717) is 23.6 Å². The first kappa shape index (κ1) is 21.9. The van der Waals surface area contributed by atoms with Crippen LogP contribution in [0.1, 0.15) is 43.5 Å². The summed E-state index contributed by atoms with van der Waals surface area (Å²) in [4.78, 5) is 7.28. The molecule has 6 heteroatoms. The van der Waals surface area contributed by atoms with Crippen LogP contribution in [-0.2, 0) is 11.2 Å². The molecule has 4 nitrogen and oxygen atoms in total. The SMILES string of the molecule is CC[C@@]12C=C(COC(=Nc3cccc(F)c3)SC)n3c4c(c5ccccc53)CCN(CCC1)[C@H]42. The summed E-state index contributed by atoms with van der Waals surface area (Å²) in [7, 11) is 0. The predicted molar refractivity (Wildman–Crippen MR) is 139 cm³/mol. The van der Waals surface area contributed by atoms with Crippen LogP contribution in [0.15, 0.2) is 59.6 Å². The summed E-state index contributed by atoms with van der Waals surface area (Å²) in [5.74, 6) is -0.292. The molecule has 3 aliphatic rings. The zero-order valence-corrected chi connectivity index (χ0v) is 20.6. The lowest BCUT2D eigenvalue weighted by Gasteiger charge is -2.53. The van der Waals surface area contributed by atoms with Crippen molar-refractivity contribution in [3.05, 3.63) is 71.7 Å². The highest BCUT2D eigenvalue weighted by Gasteiger charge is 2.50. The van der Waals surface area contributed by atoms with Crippen LogP contribution in [0.2, 0.25) is 0 Å². The van der Waals surface area contributed by atoms with E-state index in [1.54, 1.807) is 12.1 Å². The van der Waals surface area contributed by atoms with Gasteiger partial charge >= 0.3 is 0 Å². The van der Waals surface area contributed by atoms with E-state index < -0.39 is 0 Å². The fraction of sp³-hybridized carbons (Fsp3) is 0.393. The molecule has 3 aliphatic heterocycles. The molecular formula is C28H30FN3OS. The minimum absolute atomic E-state index is 0.135. The van der Waals surface area contributed by atoms with E-state index in [-0.39, 0.29) is 11.2 Å². The molecule has 1 saturated heterocycles. The standard InChI is InChI=1S/C28H30FN3OS/c1-3-28-13-7-14-31-15-12-23-22-10-4-5-11-24(22)32(25(23)26(28)31)21(17-28)18-33-27(34-2)30-20-9-6-8-19(29)16-20/h4-6,8-11,16-17,26H,3,7,12-15,18H2,1-2H3/t26-,28+/m1/s1. The summed E-state index contributed by atoms with van der Waals surface area (Å²) in [6.45, 7) is 5.10. The third kappa shape index (κ3) is 3.42. The van der Waals surface area contributed by atoms with Gasteiger partial charge in [0.2, 0.25) is 0 Å². The lowest BCUT2D eigenvalue weighted by Crippen LogP contribution is -2.50. The number of hydrogen-bond acceptors (Lipinski definition) is 4. The van der Waals surface area contributed by atoms with E-state index in [9.17, 15) is 4.39 Å². The van der Waals surface area contributed by atoms with Crippen LogP contribution in [0.5, 0.6) is 0 Å². The van der Waals surface area contributed by atoms with Crippen LogP contribution < -0.4 is 0 Å². The maximum absolute atomic E-state index is 13.7. The van der Waals surface area contributed by atoms with Crippen LogP contribution in [0, 0.1) is 11.2 Å². The van der Waals surface area contributed by atoms with Gasteiger partial charge in [-0.05, 0) is 68.3 Å². The van der Waals surface area contributed by atoms with Crippen LogP contribution >= 0.6 is 11.8 Å². The number of hydrogen-bond donors (Lipinski definition) is 0. The van der Waals surface area contributed by atoms with Crippen LogP contribution in [0.3, 0.4) is 0 Å². The fourth-order valence-electron chi connectivity index (χ4n) is 6.42. The van der Waals surface area contributed by atoms with Crippen molar-refractivity contribution >= 4 is 39.3 Å². The summed E-state index contributed by atoms with van der Waals surface area (Å²) >= 11 is 1.45. The summed E-state index contributed by atoms with van der Waals surface area (Å²) in [5, 5.41) is 1.92. The van der Waals surface area contributed by atoms with Crippen LogP contribution in [0.4, 0.5) is 10.1 Å². The van der Waals surface area contributed by atoms with E-state index in [1.165, 1.54) is 71.1 Å². The predicted octanol–water partition coefficient (Wildman–Crippen LogP) is 6.79. The molecule has 34 heavy (non-hydrogen) atoms. The van der Waals surface area contributed by atoms with Crippen molar-refractivity contribution in [2.45, 2.75) is 38.6 Å². The van der Waals surface area contributed by atoms with Crippen LogP contribution in [-0.4, -0.2) is 40.6 Å². The number of aliphatic imine (C=N–C) groups is 1. The number of thioether (sulfide) groups is 1. The highest BCUT2D eigenvalue weighted by atomic mass is 32.2. The minimum Gasteiger partial charge on any atom is -0.466 e. The quantitative estimate of drug-likeness (QED) is 0.307. The zero-order valence-electron chi connectivity index (χ0n) is 19.8. The monoisotopic (exact) mass is 475 g/mol. The van der Waals surface area contributed by atoms with Gasteiger partial charge in [-0.2, -0.15) is 0 Å². The van der Waals surface area contributed by atoms with Crippen molar-refractivity contribution in [1.29, 1.82) is 0 Å². The molecular weight excluding hydrogens is 445 g/mol. The van der Waals surface area contributed by atoms with Crippen molar-refractivity contribution in [3.63, 3.8) is 0 Å². The minimum atomic E-state index is -0.292. The highest BCUT2D eigenvalue weighted by Crippen LogP contribution is 2.56. The molecule has 0 radical (unpaired) electrons. The Morgan fingerprint density at radius 2 is 2.09 bits per heavy atom. The van der Waals surface area contributed by atoms with Gasteiger partial charge in [0.1, 0.15) is 12.4 Å². The molecule has 1 fully saturated rings. The van der Waals surface area contributed by atoms with Gasteiger partial charge in [-0.25, -0.2) is 9.38 Å². The molecule has 0 unspecified atom stereocenters. The fourth-order valence-corrected chi connectivity index (χ4v) is 6.79. The van der Waals surface area contributed by atoms with Crippen molar-refractivity contribution in [3.8, 4) is 0 Å². The van der Waals surface area contributed by atoms with Crippen molar-refractivity contribution < 1.29 is 9.13 Å². The van der Waals surface area contributed by atoms with Gasteiger partial charge in [0.05, 0.1) is 22.9 Å². The van der Waals surface area contributed by atoms with Crippen molar-refractivity contribution in [2.75, 3.05) is 26.0 Å². The molecule has 2 atom stereocenters. The Kier molecular flexibility index (Phi) is 5.53. The van der Waals surface area contributed by atoms with Gasteiger partial charge in [-0.15, -0.1) is 0 Å². The average molecular weight is 476 g/mol. The maximum atomic E-state index is 13.7. The first-order chi connectivity index (χ1) is 16.6. The largest absolute Gasteiger partial charge is 0.466 e. The summed E-state index contributed by atoms with van der Waals surface area (Å²) in [6, 6.07) is 15.6. The van der Waals surface area contributed by atoms with Gasteiger partial charge in [-0.1, -0.05) is 49.0 Å². The number of nitrogens with zero attached hydrogens (tertiary/aromatic N) is 3. The Morgan fingerprint density at radius 1 is 1.21 bits per heavy atom. The number of aromatic nitrogens is 1. The van der Waals surface area contributed by atoms with Gasteiger partial charge in [0.15, 0.2) is 0 Å². The Balaban J connectivity index is 1.43. The second-order valence-electron chi connectivity index (χ2n) is 9.58. The van der Waals surface area contributed by atoms with Gasteiger partial charge in [-0.3, -0.25) is 4.90 Å². The zero-order chi connectivity index (χ0) is 23.3. The number of para-hydroxylation sites is 1. The molecule has 176 valence electrons. The molecule has 1 aromatic heterocycles. The number of benzene rings is 2. The molecule has 0 bridgehead atoms. The Bertz CT molecular complexity index is 1310. The molecule has 2 aromatic carbocycles. The molecule has 0 N–H and O–H groups in total. The van der Waals surface area contributed by atoms with Gasteiger partial charge in [0, 0.05) is 23.0 Å². The molecule has 3 aromatic rings. The van der Waals surface area contributed by atoms with Crippen molar-refractivity contribution in [2.24, 2.45) is 10.4 Å². The van der Waals surface area contributed by atoms with Gasteiger partial charge in [0.25, 0.3) is 5.23 Å². The molecule has 0 saturated carbocycles. The molecule has 0 amide bonds. The summed E-state index contributed by atoms with van der Waals surface area (Å²) in [5.41, 5.74) is 6.16.